The Hall–Kier alpha value is -1.79. The second-order valence-electron chi connectivity index (χ2n) is 8.83. The van der Waals surface area contributed by atoms with Crippen molar-refractivity contribution in [3.8, 4) is 0 Å². The number of nitrogens with two attached hydrogens (primary N) is 1. The smallest absolute Gasteiger partial charge is 0.133 e. The first-order valence-corrected chi connectivity index (χ1v) is 10.9. The summed E-state index contributed by atoms with van der Waals surface area (Å²) >= 11 is 0. The fourth-order valence-electron chi connectivity index (χ4n) is 4.69. The van der Waals surface area contributed by atoms with Crippen molar-refractivity contribution in [3.05, 3.63) is 52.1 Å². The number of aliphatic hydroxyl groups excluding tert-OH is 1. The molecule has 30 heavy (non-hydrogen) atoms. The SMILES string of the molecule is CC1=NC(C)[C@H](C2=C(C)COCC2)C(c2ccc(C)cc2)=C1C(OC(C)C)C(N)O. The van der Waals surface area contributed by atoms with E-state index in [1.807, 2.05) is 20.8 Å². The molecule has 5 heteroatoms. The van der Waals surface area contributed by atoms with E-state index in [4.69, 9.17) is 20.2 Å². The van der Waals surface area contributed by atoms with Crippen molar-refractivity contribution in [3.63, 3.8) is 0 Å². The van der Waals surface area contributed by atoms with Crippen LogP contribution < -0.4 is 5.73 Å². The van der Waals surface area contributed by atoms with E-state index < -0.39 is 12.3 Å². The van der Waals surface area contributed by atoms with Gasteiger partial charge in [-0.05, 0) is 64.7 Å². The van der Waals surface area contributed by atoms with Gasteiger partial charge in [0.15, 0.2) is 0 Å². The Bertz CT molecular complexity index is 850. The highest BCUT2D eigenvalue weighted by atomic mass is 16.5. The zero-order chi connectivity index (χ0) is 22.0. The summed E-state index contributed by atoms with van der Waals surface area (Å²) in [4.78, 5) is 5.00. The third-order valence-electron chi connectivity index (χ3n) is 6.00. The lowest BCUT2D eigenvalue weighted by atomic mass is 9.73. The molecule has 0 saturated carbocycles. The predicted molar refractivity (Wildman–Crippen MR) is 122 cm³/mol. The minimum Gasteiger partial charge on any atom is -0.377 e. The summed E-state index contributed by atoms with van der Waals surface area (Å²) < 4.78 is 11.8. The lowest BCUT2D eigenvalue weighted by Crippen LogP contribution is -2.44. The number of aliphatic imine (C=N–C) groups is 1. The summed E-state index contributed by atoms with van der Waals surface area (Å²) in [6.07, 6.45) is -0.957. The number of benzene rings is 1. The molecule has 164 valence electrons. The van der Waals surface area contributed by atoms with E-state index in [1.165, 1.54) is 22.3 Å². The van der Waals surface area contributed by atoms with Gasteiger partial charge >= 0.3 is 0 Å². The standard InChI is InChI=1S/C25H36N2O3/c1-14(2)30-24(25(26)28)22-18(6)27-17(5)21(20-11-12-29-13-16(20)4)23(22)19-9-7-15(3)8-10-19/h7-10,14,17,21,24-25,28H,11-13,26H2,1-6H3/t17?,21-,24?,25?/m1/s1. The second-order valence-corrected chi connectivity index (χ2v) is 8.83. The quantitative estimate of drug-likeness (QED) is 0.546. The Balaban J connectivity index is 2.28. The summed E-state index contributed by atoms with van der Waals surface area (Å²) in [5, 5.41) is 10.5. The number of rotatable bonds is 6. The molecule has 1 aromatic rings. The molecule has 0 saturated heterocycles. The van der Waals surface area contributed by atoms with Gasteiger partial charge in [-0.1, -0.05) is 35.4 Å². The van der Waals surface area contributed by atoms with Gasteiger partial charge in [0, 0.05) is 17.2 Å². The summed E-state index contributed by atoms with van der Waals surface area (Å²) in [5.74, 6) is 0.104. The number of hydrogen-bond acceptors (Lipinski definition) is 5. The first-order valence-electron chi connectivity index (χ1n) is 10.9. The first kappa shape index (κ1) is 22.9. The highest BCUT2D eigenvalue weighted by Gasteiger charge is 2.38. The zero-order valence-electron chi connectivity index (χ0n) is 19.1. The van der Waals surface area contributed by atoms with Gasteiger partial charge in [0.05, 0.1) is 25.4 Å². The molecule has 2 aliphatic heterocycles. The van der Waals surface area contributed by atoms with Crippen molar-refractivity contribution in [2.75, 3.05) is 13.2 Å². The Kier molecular flexibility index (Phi) is 7.30. The maximum Gasteiger partial charge on any atom is 0.133 e. The van der Waals surface area contributed by atoms with Gasteiger partial charge < -0.3 is 20.3 Å². The molecule has 2 heterocycles. The van der Waals surface area contributed by atoms with E-state index in [0.29, 0.717) is 6.61 Å². The van der Waals surface area contributed by atoms with Crippen LogP contribution in [0.5, 0.6) is 0 Å². The number of ether oxygens (including phenoxy) is 2. The molecule has 0 aliphatic carbocycles. The zero-order valence-corrected chi connectivity index (χ0v) is 19.1. The predicted octanol–water partition coefficient (Wildman–Crippen LogP) is 4.04. The number of aryl methyl sites for hydroxylation is 1. The normalized spacial score (nSPS) is 24.9. The molecular weight excluding hydrogens is 376 g/mol. The highest BCUT2D eigenvalue weighted by Crippen LogP contribution is 2.43. The van der Waals surface area contributed by atoms with Gasteiger partial charge in [-0.2, -0.15) is 0 Å². The molecule has 0 fully saturated rings. The van der Waals surface area contributed by atoms with Crippen LogP contribution in [-0.4, -0.2) is 48.5 Å². The van der Waals surface area contributed by atoms with E-state index in [9.17, 15) is 5.11 Å². The van der Waals surface area contributed by atoms with Crippen molar-refractivity contribution >= 4 is 11.3 Å². The fourth-order valence-corrected chi connectivity index (χ4v) is 4.69. The Morgan fingerprint density at radius 1 is 1.17 bits per heavy atom. The van der Waals surface area contributed by atoms with Crippen LogP contribution in [0.3, 0.4) is 0 Å². The van der Waals surface area contributed by atoms with E-state index in [-0.39, 0.29) is 18.1 Å². The van der Waals surface area contributed by atoms with Crippen molar-refractivity contribution < 1.29 is 14.6 Å². The molecule has 4 atom stereocenters. The topological polar surface area (TPSA) is 77.1 Å². The summed E-state index contributed by atoms with van der Waals surface area (Å²) in [7, 11) is 0. The van der Waals surface area contributed by atoms with Gasteiger partial charge in [-0.25, -0.2) is 0 Å². The maximum atomic E-state index is 10.5. The van der Waals surface area contributed by atoms with Gasteiger partial charge in [0.25, 0.3) is 0 Å². The van der Waals surface area contributed by atoms with Crippen LogP contribution in [0.15, 0.2) is 46.0 Å². The summed E-state index contributed by atoms with van der Waals surface area (Å²) in [6.45, 7) is 13.7. The number of dihydropyridines is 1. The van der Waals surface area contributed by atoms with Crippen LogP contribution in [0.2, 0.25) is 0 Å². The van der Waals surface area contributed by atoms with E-state index in [2.05, 4.69) is 45.0 Å². The molecule has 3 rings (SSSR count). The van der Waals surface area contributed by atoms with Crippen LogP contribution in [0.25, 0.3) is 5.57 Å². The molecule has 0 spiro atoms. The van der Waals surface area contributed by atoms with Crippen LogP contribution in [0.4, 0.5) is 0 Å². The van der Waals surface area contributed by atoms with Crippen LogP contribution in [0.1, 0.15) is 52.2 Å². The second kappa shape index (κ2) is 9.56. The van der Waals surface area contributed by atoms with Crippen molar-refractivity contribution in [1.29, 1.82) is 0 Å². The average Bonchev–Trinajstić information content (AvgIpc) is 2.67. The largest absolute Gasteiger partial charge is 0.377 e. The van der Waals surface area contributed by atoms with E-state index >= 15 is 0 Å². The van der Waals surface area contributed by atoms with Gasteiger partial charge in [-0.15, -0.1) is 0 Å². The van der Waals surface area contributed by atoms with Crippen LogP contribution in [-0.2, 0) is 9.47 Å². The van der Waals surface area contributed by atoms with Gasteiger partial charge in [0.2, 0.25) is 0 Å². The number of nitrogens with zero attached hydrogens (tertiary/aromatic N) is 1. The Labute approximate surface area is 180 Å². The molecule has 1 aromatic carbocycles. The maximum absolute atomic E-state index is 10.5. The molecule has 0 amide bonds. The van der Waals surface area contributed by atoms with Crippen LogP contribution in [0, 0.1) is 12.8 Å². The van der Waals surface area contributed by atoms with E-state index in [0.717, 1.165) is 29.9 Å². The molecule has 3 unspecified atom stereocenters. The van der Waals surface area contributed by atoms with Crippen molar-refractivity contribution in [2.45, 2.75) is 72.4 Å². The Morgan fingerprint density at radius 3 is 2.40 bits per heavy atom. The minimum atomic E-state index is -1.13. The minimum absolute atomic E-state index is 0.0744. The number of aliphatic hydroxyl groups is 1. The molecule has 5 nitrogen and oxygen atoms in total. The fraction of sp³-hybridized carbons (Fsp3) is 0.560. The number of hydrogen-bond donors (Lipinski definition) is 2. The van der Waals surface area contributed by atoms with Crippen molar-refractivity contribution in [2.24, 2.45) is 16.6 Å². The average molecular weight is 413 g/mol. The van der Waals surface area contributed by atoms with Crippen LogP contribution >= 0.6 is 0 Å². The third kappa shape index (κ3) is 4.75. The lowest BCUT2D eigenvalue weighted by Gasteiger charge is -2.39. The lowest BCUT2D eigenvalue weighted by molar-refractivity contribution is -0.0396. The van der Waals surface area contributed by atoms with E-state index in [1.54, 1.807) is 0 Å². The molecule has 2 aliphatic rings. The van der Waals surface area contributed by atoms with Crippen molar-refractivity contribution in [1.82, 2.24) is 0 Å². The summed E-state index contributed by atoms with van der Waals surface area (Å²) in [6, 6.07) is 8.67. The molecular formula is C25H36N2O3. The third-order valence-corrected chi connectivity index (χ3v) is 6.00. The highest BCUT2D eigenvalue weighted by molar-refractivity contribution is 6.08. The van der Waals surface area contributed by atoms with Gasteiger partial charge in [-0.3, -0.25) is 4.99 Å². The van der Waals surface area contributed by atoms with Gasteiger partial charge in [0.1, 0.15) is 12.3 Å². The molecule has 0 bridgehead atoms. The molecule has 3 N–H and O–H groups in total. The summed E-state index contributed by atoms with van der Waals surface area (Å²) in [5.41, 5.74) is 14.0. The monoisotopic (exact) mass is 412 g/mol. The molecule has 0 aromatic heterocycles. The first-order chi connectivity index (χ1) is 14.2. The molecule has 0 radical (unpaired) electrons. The Morgan fingerprint density at radius 2 is 1.83 bits per heavy atom.